The van der Waals surface area contributed by atoms with Gasteiger partial charge in [0.15, 0.2) is 0 Å². The number of aliphatic hydroxyl groups is 1. The number of rotatable bonds is 2. The average Bonchev–Trinajstić information content (AvgIpc) is 2.97. The highest BCUT2D eigenvalue weighted by atomic mass is 16.3. The lowest BCUT2D eigenvalue weighted by Crippen LogP contribution is -2.52. The summed E-state index contributed by atoms with van der Waals surface area (Å²) < 4.78 is 0. The number of aliphatic hydroxyl groups excluding tert-OH is 1. The highest BCUT2D eigenvalue weighted by Gasteiger charge is 2.53. The highest BCUT2D eigenvalue weighted by molar-refractivity contribution is 5.51. The van der Waals surface area contributed by atoms with Crippen molar-refractivity contribution in [2.75, 3.05) is 44.2 Å². The molecule has 1 aliphatic carbocycles. The topological polar surface area (TPSA) is 59.0 Å². The van der Waals surface area contributed by atoms with Gasteiger partial charge in [0, 0.05) is 43.3 Å². The zero-order valence-corrected chi connectivity index (χ0v) is 16.2. The number of piperazine rings is 1. The van der Waals surface area contributed by atoms with Crippen molar-refractivity contribution in [3.8, 4) is 5.75 Å². The van der Waals surface area contributed by atoms with Crippen LogP contribution < -0.4 is 10.2 Å². The molecule has 3 N–H and O–H groups in total. The predicted octanol–water partition coefficient (Wildman–Crippen LogP) is 2.25. The number of nitrogens with one attached hydrogen (secondary N) is 1. The van der Waals surface area contributed by atoms with Crippen LogP contribution in [0.3, 0.4) is 0 Å². The molecular weight excluding hydrogens is 350 g/mol. The molecule has 2 aliphatic heterocycles. The Morgan fingerprint density at radius 2 is 1.68 bits per heavy atom. The number of phenols is 1. The smallest absolute Gasteiger partial charge is 0.117 e. The van der Waals surface area contributed by atoms with Crippen molar-refractivity contribution >= 4 is 5.69 Å². The van der Waals surface area contributed by atoms with Crippen molar-refractivity contribution in [1.82, 2.24) is 10.2 Å². The van der Waals surface area contributed by atoms with Crippen molar-refractivity contribution in [3.05, 3.63) is 59.7 Å². The van der Waals surface area contributed by atoms with Gasteiger partial charge < -0.3 is 20.4 Å². The van der Waals surface area contributed by atoms with Crippen LogP contribution in [0.2, 0.25) is 0 Å². The Kier molecular flexibility index (Phi) is 4.54. The highest BCUT2D eigenvalue weighted by Crippen LogP contribution is 2.52. The first-order valence-electron chi connectivity index (χ1n) is 10.5. The minimum atomic E-state index is -0.348. The van der Waals surface area contributed by atoms with Crippen LogP contribution in [-0.2, 0) is 5.41 Å². The lowest BCUT2D eigenvalue weighted by Gasteiger charge is -2.43. The fraction of sp³-hybridized carbons (Fsp3) is 0.478. The van der Waals surface area contributed by atoms with E-state index in [1.165, 1.54) is 11.1 Å². The second-order valence-electron chi connectivity index (χ2n) is 8.43. The van der Waals surface area contributed by atoms with Crippen LogP contribution in [-0.4, -0.2) is 60.5 Å². The van der Waals surface area contributed by atoms with Gasteiger partial charge in [0.25, 0.3) is 0 Å². The van der Waals surface area contributed by atoms with E-state index < -0.39 is 0 Å². The fourth-order valence-corrected chi connectivity index (χ4v) is 5.62. The summed E-state index contributed by atoms with van der Waals surface area (Å²) in [5, 5.41) is 24.8. The van der Waals surface area contributed by atoms with Crippen LogP contribution in [0.4, 0.5) is 5.69 Å². The van der Waals surface area contributed by atoms with Gasteiger partial charge in [0.05, 0.1) is 12.1 Å². The van der Waals surface area contributed by atoms with E-state index in [1.54, 1.807) is 6.07 Å². The molecule has 1 spiro atoms. The Bertz CT molecular complexity index is 841. The van der Waals surface area contributed by atoms with Gasteiger partial charge in [-0.25, -0.2) is 0 Å². The normalized spacial score (nSPS) is 27.1. The van der Waals surface area contributed by atoms with Crippen LogP contribution in [0.25, 0.3) is 0 Å². The Balaban J connectivity index is 1.38. The van der Waals surface area contributed by atoms with E-state index in [2.05, 4.69) is 45.4 Å². The van der Waals surface area contributed by atoms with Gasteiger partial charge in [-0.2, -0.15) is 0 Å². The molecule has 2 aromatic rings. The third kappa shape index (κ3) is 2.81. The number of hydrogen-bond donors (Lipinski definition) is 3. The molecule has 2 fully saturated rings. The summed E-state index contributed by atoms with van der Waals surface area (Å²) in [7, 11) is 0. The molecule has 5 nitrogen and oxygen atoms in total. The molecule has 2 saturated heterocycles. The van der Waals surface area contributed by atoms with Crippen LogP contribution >= 0.6 is 0 Å². The summed E-state index contributed by atoms with van der Waals surface area (Å²) in [6.45, 7) is 5.60. The summed E-state index contributed by atoms with van der Waals surface area (Å²) in [4.78, 5) is 4.79. The third-order valence-corrected chi connectivity index (χ3v) is 7.08. The minimum absolute atomic E-state index is 0.0839. The van der Waals surface area contributed by atoms with E-state index in [4.69, 9.17) is 0 Å². The zero-order valence-electron chi connectivity index (χ0n) is 16.2. The summed E-state index contributed by atoms with van der Waals surface area (Å²) in [5.41, 5.74) is 3.66. The molecule has 2 heterocycles. The molecule has 5 heteroatoms. The number of aromatic hydroxyl groups is 1. The Hall–Kier alpha value is -2.08. The van der Waals surface area contributed by atoms with Gasteiger partial charge in [0.2, 0.25) is 0 Å². The van der Waals surface area contributed by atoms with E-state index in [-0.39, 0.29) is 17.6 Å². The van der Waals surface area contributed by atoms with Crippen LogP contribution in [0.1, 0.15) is 30.0 Å². The molecular formula is C23H29N3O2. The summed E-state index contributed by atoms with van der Waals surface area (Å²) >= 11 is 0. The lowest BCUT2D eigenvalue weighted by molar-refractivity contribution is -0.00359. The Morgan fingerprint density at radius 1 is 0.929 bits per heavy atom. The van der Waals surface area contributed by atoms with Crippen LogP contribution in [0, 0.1) is 0 Å². The largest absolute Gasteiger partial charge is 0.508 e. The van der Waals surface area contributed by atoms with Crippen molar-refractivity contribution < 1.29 is 10.2 Å². The SMILES string of the molecule is Oc1cccc(N2CCN([C@H]3c4ccccc4C4(CCNCC4)[C@@H]3O)CC2)c1. The quantitative estimate of drug-likeness (QED) is 0.747. The second kappa shape index (κ2) is 7.07. The molecule has 2 aromatic carbocycles. The number of anilines is 1. The first-order valence-corrected chi connectivity index (χ1v) is 10.5. The van der Waals surface area contributed by atoms with Gasteiger partial charge in [-0.3, -0.25) is 4.90 Å². The number of nitrogens with zero attached hydrogens (tertiary/aromatic N) is 2. The molecule has 2 atom stereocenters. The minimum Gasteiger partial charge on any atom is -0.508 e. The average molecular weight is 380 g/mol. The van der Waals surface area contributed by atoms with Gasteiger partial charge in [-0.1, -0.05) is 30.3 Å². The first-order chi connectivity index (χ1) is 13.7. The first kappa shape index (κ1) is 18.0. The van der Waals surface area contributed by atoms with E-state index >= 15 is 0 Å². The van der Waals surface area contributed by atoms with Crippen LogP contribution in [0.15, 0.2) is 48.5 Å². The van der Waals surface area contributed by atoms with Crippen LogP contribution in [0.5, 0.6) is 5.75 Å². The van der Waals surface area contributed by atoms with E-state index in [0.29, 0.717) is 5.75 Å². The number of piperidine rings is 1. The molecule has 0 radical (unpaired) electrons. The number of benzene rings is 2. The standard InChI is InChI=1S/C23H29N3O2/c27-18-5-3-4-17(16-18)25-12-14-26(15-13-25)21-19-6-1-2-7-20(19)23(22(21)28)8-10-24-11-9-23/h1-7,16,21-22,24,27-28H,8-15H2/t21-,22+/m0/s1. The Labute approximate surface area is 166 Å². The third-order valence-electron chi connectivity index (χ3n) is 7.08. The fourth-order valence-electron chi connectivity index (χ4n) is 5.62. The van der Waals surface area contributed by atoms with Gasteiger partial charge in [-0.05, 0) is 49.2 Å². The van der Waals surface area contributed by atoms with Gasteiger partial charge in [0.1, 0.15) is 5.75 Å². The van der Waals surface area contributed by atoms with E-state index in [1.807, 2.05) is 12.1 Å². The van der Waals surface area contributed by atoms with E-state index in [0.717, 1.165) is 57.8 Å². The maximum absolute atomic E-state index is 11.5. The molecule has 0 unspecified atom stereocenters. The molecule has 28 heavy (non-hydrogen) atoms. The van der Waals surface area contributed by atoms with Crippen molar-refractivity contribution in [3.63, 3.8) is 0 Å². The Morgan fingerprint density at radius 3 is 2.43 bits per heavy atom. The summed E-state index contributed by atoms with van der Waals surface area (Å²) in [6.07, 6.45) is 1.66. The number of hydrogen-bond acceptors (Lipinski definition) is 5. The molecule has 148 valence electrons. The summed E-state index contributed by atoms with van der Waals surface area (Å²) in [5.74, 6) is 0.313. The molecule has 3 aliphatic rings. The lowest BCUT2D eigenvalue weighted by atomic mass is 9.72. The van der Waals surface area contributed by atoms with Crippen molar-refractivity contribution in [2.24, 2.45) is 0 Å². The second-order valence-corrected chi connectivity index (χ2v) is 8.43. The van der Waals surface area contributed by atoms with Gasteiger partial charge >= 0.3 is 0 Å². The molecule has 0 saturated carbocycles. The molecule has 0 amide bonds. The monoisotopic (exact) mass is 379 g/mol. The summed E-state index contributed by atoms with van der Waals surface area (Å²) in [6, 6.07) is 16.3. The molecule has 5 rings (SSSR count). The predicted molar refractivity (Wildman–Crippen MR) is 111 cm³/mol. The zero-order chi connectivity index (χ0) is 19.1. The number of phenolic OH excluding ortho intramolecular Hbond substituents is 1. The van der Waals surface area contributed by atoms with Gasteiger partial charge in [-0.15, -0.1) is 0 Å². The molecule has 0 bridgehead atoms. The van der Waals surface area contributed by atoms with Crippen molar-refractivity contribution in [2.45, 2.75) is 30.4 Å². The number of fused-ring (bicyclic) bond motifs is 2. The van der Waals surface area contributed by atoms with E-state index in [9.17, 15) is 10.2 Å². The molecule has 0 aromatic heterocycles. The maximum Gasteiger partial charge on any atom is 0.117 e. The van der Waals surface area contributed by atoms with Crippen molar-refractivity contribution in [1.29, 1.82) is 0 Å². The maximum atomic E-state index is 11.5.